The predicted molar refractivity (Wildman–Crippen MR) is 58.2 cm³/mol. The maximum atomic E-state index is 7.14. The van der Waals surface area contributed by atoms with Gasteiger partial charge in [0.25, 0.3) is 0 Å². The van der Waals surface area contributed by atoms with Crippen molar-refractivity contribution in [2.75, 3.05) is 6.61 Å². The lowest BCUT2D eigenvalue weighted by atomic mass is 10.1. The van der Waals surface area contributed by atoms with Gasteiger partial charge in [0.1, 0.15) is 5.75 Å². The van der Waals surface area contributed by atoms with Crippen LogP contribution in [-0.4, -0.2) is 12.4 Å². The van der Waals surface area contributed by atoms with Crippen molar-refractivity contribution in [3.63, 3.8) is 0 Å². The van der Waals surface area contributed by atoms with Gasteiger partial charge in [-0.15, -0.1) is 0 Å². The minimum absolute atomic E-state index is 0.130. The molecular formula is C10H13ClN2O. The summed E-state index contributed by atoms with van der Waals surface area (Å²) in [6.45, 7) is 2.49. The summed E-state index contributed by atoms with van der Waals surface area (Å²) in [5.74, 6) is 0.798. The van der Waals surface area contributed by atoms with Crippen molar-refractivity contribution in [1.82, 2.24) is 0 Å². The van der Waals surface area contributed by atoms with Crippen LogP contribution in [0.5, 0.6) is 5.75 Å². The Labute approximate surface area is 88.3 Å². The smallest absolute Gasteiger partial charge is 0.137 e. The van der Waals surface area contributed by atoms with Gasteiger partial charge < -0.3 is 10.5 Å². The third kappa shape index (κ3) is 2.92. The molecule has 0 spiro atoms. The summed E-state index contributed by atoms with van der Waals surface area (Å²) >= 11 is 5.96. The number of nitrogens with one attached hydrogen (secondary N) is 1. The molecule has 0 bridgehead atoms. The highest BCUT2D eigenvalue weighted by Crippen LogP contribution is 2.25. The van der Waals surface area contributed by atoms with E-state index in [0.717, 1.165) is 5.56 Å². The van der Waals surface area contributed by atoms with Gasteiger partial charge in [0.05, 0.1) is 17.5 Å². The third-order valence-electron chi connectivity index (χ3n) is 1.69. The maximum Gasteiger partial charge on any atom is 0.137 e. The van der Waals surface area contributed by atoms with Crippen molar-refractivity contribution < 1.29 is 4.74 Å². The number of benzene rings is 1. The highest BCUT2D eigenvalue weighted by molar-refractivity contribution is 6.32. The normalized spacial score (nSPS) is 9.86. The van der Waals surface area contributed by atoms with Gasteiger partial charge in [-0.25, -0.2) is 0 Å². The van der Waals surface area contributed by atoms with Crippen molar-refractivity contribution in [2.45, 2.75) is 13.3 Å². The monoisotopic (exact) mass is 212 g/mol. The summed E-state index contributed by atoms with van der Waals surface area (Å²) in [4.78, 5) is 0. The van der Waals surface area contributed by atoms with Gasteiger partial charge in [-0.1, -0.05) is 17.7 Å². The second kappa shape index (κ2) is 4.86. The third-order valence-corrected chi connectivity index (χ3v) is 1.99. The molecule has 1 aromatic rings. The molecule has 3 nitrogen and oxygen atoms in total. The van der Waals surface area contributed by atoms with E-state index in [2.05, 4.69) is 0 Å². The fourth-order valence-corrected chi connectivity index (χ4v) is 1.40. The minimum atomic E-state index is 0.130. The van der Waals surface area contributed by atoms with Gasteiger partial charge in [0, 0.05) is 6.42 Å². The molecule has 14 heavy (non-hydrogen) atoms. The van der Waals surface area contributed by atoms with E-state index in [-0.39, 0.29) is 5.84 Å². The summed E-state index contributed by atoms with van der Waals surface area (Å²) in [5.41, 5.74) is 6.20. The van der Waals surface area contributed by atoms with E-state index in [0.29, 0.717) is 23.8 Å². The Morgan fingerprint density at radius 1 is 1.57 bits per heavy atom. The van der Waals surface area contributed by atoms with Crippen LogP contribution < -0.4 is 10.5 Å². The summed E-state index contributed by atoms with van der Waals surface area (Å²) < 4.78 is 5.28. The SMILES string of the molecule is CCOc1ccc(CC(=N)N)cc1Cl. The van der Waals surface area contributed by atoms with Crippen molar-refractivity contribution in [3.8, 4) is 5.75 Å². The Bertz CT molecular complexity index is 339. The van der Waals surface area contributed by atoms with E-state index in [9.17, 15) is 0 Å². The molecule has 1 rings (SSSR count). The van der Waals surface area contributed by atoms with E-state index < -0.39 is 0 Å². The Morgan fingerprint density at radius 2 is 2.29 bits per heavy atom. The van der Waals surface area contributed by atoms with Crippen LogP contribution in [0, 0.1) is 5.41 Å². The van der Waals surface area contributed by atoms with Crippen molar-refractivity contribution in [1.29, 1.82) is 5.41 Å². The largest absolute Gasteiger partial charge is 0.492 e. The van der Waals surface area contributed by atoms with Gasteiger partial charge in [0.15, 0.2) is 0 Å². The van der Waals surface area contributed by atoms with E-state index >= 15 is 0 Å². The molecule has 76 valence electrons. The first kappa shape index (κ1) is 10.9. The number of nitrogens with two attached hydrogens (primary N) is 1. The van der Waals surface area contributed by atoms with E-state index in [1.807, 2.05) is 13.0 Å². The summed E-state index contributed by atoms with van der Waals surface area (Å²) in [6.07, 6.45) is 0.423. The number of hydrogen-bond acceptors (Lipinski definition) is 2. The van der Waals surface area contributed by atoms with E-state index in [1.54, 1.807) is 12.1 Å². The molecule has 0 aliphatic heterocycles. The zero-order valence-corrected chi connectivity index (χ0v) is 8.77. The summed E-state index contributed by atoms with van der Waals surface area (Å²) in [5, 5.41) is 7.70. The Hall–Kier alpha value is -1.22. The molecule has 0 heterocycles. The van der Waals surface area contributed by atoms with Crippen LogP contribution in [0.3, 0.4) is 0 Å². The lowest BCUT2D eigenvalue weighted by Gasteiger charge is -2.07. The molecule has 0 aliphatic carbocycles. The first-order chi connectivity index (χ1) is 6.63. The standard InChI is InChI=1S/C10H13ClN2O/c1-2-14-9-4-3-7(5-8(9)11)6-10(12)13/h3-5H,2,6H2,1H3,(H3,12,13). The molecule has 0 saturated carbocycles. The average Bonchev–Trinajstić information content (AvgIpc) is 2.09. The first-order valence-corrected chi connectivity index (χ1v) is 4.75. The Balaban J connectivity index is 2.83. The molecule has 0 aromatic heterocycles. The van der Waals surface area contributed by atoms with Crippen LogP contribution in [0.2, 0.25) is 5.02 Å². The quantitative estimate of drug-likeness (QED) is 0.594. The van der Waals surface area contributed by atoms with E-state index in [1.165, 1.54) is 0 Å². The Morgan fingerprint density at radius 3 is 2.79 bits per heavy atom. The molecule has 0 unspecified atom stereocenters. The van der Waals surface area contributed by atoms with Crippen molar-refractivity contribution >= 4 is 17.4 Å². The van der Waals surface area contributed by atoms with Crippen LogP contribution in [0.25, 0.3) is 0 Å². The van der Waals surface area contributed by atoms with Crippen LogP contribution in [0.1, 0.15) is 12.5 Å². The zero-order chi connectivity index (χ0) is 10.6. The van der Waals surface area contributed by atoms with Crippen LogP contribution in [0.15, 0.2) is 18.2 Å². The molecule has 0 aliphatic rings. The van der Waals surface area contributed by atoms with Crippen molar-refractivity contribution in [2.24, 2.45) is 5.73 Å². The van der Waals surface area contributed by atoms with Crippen LogP contribution in [0.4, 0.5) is 0 Å². The number of amidine groups is 1. The summed E-state index contributed by atoms with van der Waals surface area (Å²) in [7, 11) is 0. The molecular weight excluding hydrogens is 200 g/mol. The lowest BCUT2D eigenvalue weighted by molar-refractivity contribution is 0.340. The predicted octanol–water partition coefficient (Wildman–Crippen LogP) is 2.22. The van der Waals surface area contributed by atoms with Gasteiger partial charge in [-0.05, 0) is 24.6 Å². The zero-order valence-electron chi connectivity index (χ0n) is 8.01. The molecule has 0 radical (unpaired) electrons. The second-order valence-corrected chi connectivity index (χ2v) is 3.31. The first-order valence-electron chi connectivity index (χ1n) is 4.37. The van der Waals surface area contributed by atoms with Gasteiger partial charge in [-0.2, -0.15) is 0 Å². The van der Waals surface area contributed by atoms with Gasteiger partial charge in [0.2, 0.25) is 0 Å². The highest BCUT2D eigenvalue weighted by Gasteiger charge is 2.02. The summed E-state index contributed by atoms with van der Waals surface area (Å²) in [6, 6.07) is 5.43. The number of halogens is 1. The minimum Gasteiger partial charge on any atom is -0.492 e. The number of rotatable bonds is 4. The highest BCUT2D eigenvalue weighted by atomic mass is 35.5. The number of ether oxygens (including phenoxy) is 1. The molecule has 1 aromatic carbocycles. The fraction of sp³-hybridized carbons (Fsp3) is 0.300. The average molecular weight is 213 g/mol. The molecule has 0 saturated heterocycles. The maximum absolute atomic E-state index is 7.14. The fourth-order valence-electron chi connectivity index (χ4n) is 1.15. The molecule has 0 fully saturated rings. The second-order valence-electron chi connectivity index (χ2n) is 2.90. The molecule has 4 heteroatoms. The molecule has 0 atom stereocenters. The van der Waals surface area contributed by atoms with Gasteiger partial charge >= 0.3 is 0 Å². The molecule has 0 amide bonds. The van der Waals surface area contributed by atoms with Crippen LogP contribution >= 0.6 is 11.6 Å². The number of hydrogen-bond donors (Lipinski definition) is 2. The topological polar surface area (TPSA) is 59.1 Å². The van der Waals surface area contributed by atoms with Gasteiger partial charge in [-0.3, -0.25) is 5.41 Å². The van der Waals surface area contributed by atoms with Crippen LogP contribution in [-0.2, 0) is 6.42 Å². The lowest BCUT2D eigenvalue weighted by Crippen LogP contribution is -2.12. The van der Waals surface area contributed by atoms with Crippen molar-refractivity contribution in [3.05, 3.63) is 28.8 Å². The van der Waals surface area contributed by atoms with E-state index in [4.69, 9.17) is 27.5 Å². The molecule has 3 N–H and O–H groups in total. The Kier molecular flexibility index (Phi) is 3.77.